The summed E-state index contributed by atoms with van der Waals surface area (Å²) in [6, 6.07) is 3.97. The largest absolute Gasteiger partial charge is 0.467 e. The van der Waals surface area contributed by atoms with Crippen molar-refractivity contribution in [3.63, 3.8) is 0 Å². The summed E-state index contributed by atoms with van der Waals surface area (Å²) < 4.78 is 41.3. The zero-order valence-electron chi connectivity index (χ0n) is 16.0. The highest BCUT2D eigenvalue weighted by Gasteiger charge is 2.30. The van der Waals surface area contributed by atoms with E-state index < -0.39 is 24.7 Å². The van der Waals surface area contributed by atoms with Gasteiger partial charge in [0.2, 0.25) is 5.88 Å². The summed E-state index contributed by atoms with van der Waals surface area (Å²) in [6.45, 7) is 0.180. The number of halogens is 4. The molecule has 0 spiro atoms. The predicted octanol–water partition coefficient (Wildman–Crippen LogP) is 4.08. The molecular formula is C20H19ClF3N3O3. The van der Waals surface area contributed by atoms with Gasteiger partial charge >= 0.3 is 6.18 Å². The molecule has 1 atom stereocenters. The summed E-state index contributed by atoms with van der Waals surface area (Å²) in [5.41, 5.74) is 1.37. The molecule has 6 nitrogen and oxygen atoms in total. The van der Waals surface area contributed by atoms with E-state index in [0.29, 0.717) is 16.8 Å². The monoisotopic (exact) mass is 441 g/mol. The van der Waals surface area contributed by atoms with E-state index in [4.69, 9.17) is 11.6 Å². The van der Waals surface area contributed by atoms with Gasteiger partial charge in [-0.05, 0) is 43.5 Å². The zero-order chi connectivity index (χ0) is 21.9. The van der Waals surface area contributed by atoms with Crippen LogP contribution in [-0.4, -0.2) is 34.4 Å². The molecule has 0 aliphatic heterocycles. The average molecular weight is 442 g/mol. The Morgan fingerprint density at radius 1 is 1.30 bits per heavy atom. The topological polar surface area (TPSA) is 81.2 Å². The number of ketones is 1. The van der Waals surface area contributed by atoms with Gasteiger partial charge in [-0.2, -0.15) is 13.2 Å². The van der Waals surface area contributed by atoms with Crippen molar-refractivity contribution in [2.45, 2.75) is 38.4 Å². The van der Waals surface area contributed by atoms with Crippen LogP contribution in [0, 0.1) is 5.92 Å². The molecule has 2 heterocycles. The number of carbonyl (C=O) groups is 2. The molecule has 1 unspecified atom stereocenters. The van der Waals surface area contributed by atoms with Crippen LogP contribution in [-0.2, 0) is 11.2 Å². The van der Waals surface area contributed by atoms with Gasteiger partial charge < -0.3 is 10.1 Å². The average Bonchev–Trinajstić information content (AvgIpc) is 3.51. The molecule has 3 rings (SSSR count). The SMILES string of the molecule is CC(NC(=O)c1ccnc(CC(=O)C2CC2)c1)c1cnc(OCC(F)(F)F)c(Cl)c1. The number of rotatable bonds is 8. The van der Waals surface area contributed by atoms with Gasteiger partial charge in [0.05, 0.1) is 6.04 Å². The number of carbonyl (C=O) groups excluding carboxylic acids is 2. The highest BCUT2D eigenvalue weighted by atomic mass is 35.5. The Hall–Kier alpha value is -2.68. The standard InChI is InChI=1S/C20H19ClF3N3O3/c1-11(14-7-16(21)19(26-9-14)30-10-20(22,23)24)27-18(29)13-4-5-25-15(6-13)8-17(28)12-2-3-12/h4-7,9,11-12H,2-3,8,10H2,1H3,(H,27,29). The molecule has 1 aliphatic rings. The molecule has 1 aliphatic carbocycles. The molecule has 2 aromatic rings. The van der Waals surface area contributed by atoms with Crippen molar-refractivity contribution >= 4 is 23.3 Å². The minimum atomic E-state index is -4.50. The van der Waals surface area contributed by atoms with Crippen LogP contribution in [0.4, 0.5) is 13.2 Å². The lowest BCUT2D eigenvalue weighted by atomic mass is 10.1. The minimum absolute atomic E-state index is 0.0948. The van der Waals surface area contributed by atoms with Crippen molar-refractivity contribution in [3.8, 4) is 5.88 Å². The van der Waals surface area contributed by atoms with E-state index in [1.807, 2.05) is 0 Å². The van der Waals surface area contributed by atoms with Gasteiger partial charge in [0.25, 0.3) is 5.91 Å². The number of hydrogen-bond donors (Lipinski definition) is 1. The van der Waals surface area contributed by atoms with Gasteiger partial charge in [-0.1, -0.05) is 11.6 Å². The van der Waals surface area contributed by atoms with Crippen molar-refractivity contribution < 1.29 is 27.5 Å². The smallest absolute Gasteiger partial charge is 0.422 e. The number of nitrogens with one attached hydrogen (secondary N) is 1. The Kier molecular flexibility index (Phi) is 6.60. The molecule has 1 N–H and O–H groups in total. The highest BCUT2D eigenvalue weighted by Crippen LogP contribution is 2.31. The van der Waals surface area contributed by atoms with E-state index in [2.05, 4.69) is 20.0 Å². The number of alkyl halides is 3. The maximum absolute atomic E-state index is 12.6. The van der Waals surface area contributed by atoms with Crippen LogP contribution in [0.15, 0.2) is 30.6 Å². The first-order valence-electron chi connectivity index (χ1n) is 9.26. The molecule has 1 saturated carbocycles. The predicted molar refractivity (Wildman–Crippen MR) is 102 cm³/mol. The number of Topliss-reactive ketones (excluding diaryl/α,β-unsaturated/α-hetero) is 1. The number of ether oxygens (including phenoxy) is 1. The Morgan fingerprint density at radius 3 is 2.67 bits per heavy atom. The number of hydrogen-bond acceptors (Lipinski definition) is 5. The molecule has 0 bridgehead atoms. The van der Waals surface area contributed by atoms with Crippen LogP contribution in [0.2, 0.25) is 5.02 Å². The second kappa shape index (κ2) is 8.99. The molecule has 160 valence electrons. The molecule has 0 radical (unpaired) electrons. The summed E-state index contributed by atoms with van der Waals surface area (Å²) in [7, 11) is 0. The molecule has 0 saturated heterocycles. The highest BCUT2D eigenvalue weighted by molar-refractivity contribution is 6.31. The van der Waals surface area contributed by atoms with Gasteiger partial charge in [0, 0.05) is 36.0 Å². The first-order chi connectivity index (χ1) is 14.1. The van der Waals surface area contributed by atoms with Gasteiger partial charge in [0.15, 0.2) is 6.61 Å². The molecular weight excluding hydrogens is 423 g/mol. The molecule has 1 fully saturated rings. The first kappa shape index (κ1) is 22.0. The van der Waals surface area contributed by atoms with Crippen molar-refractivity contribution in [1.29, 1.82) is 0 Å². The van der Waals surface area contributed by atoms with Crippen LogP contribution in [0.25, 0.3) is 0 Å². The van der Waals surface area contributed by atoms with Crippen molar-refractivity contribution in [2.75, 3.05) is 6.61 Å². The van der Waals surface area contributed by atoms with E-state index in [9.17, 15) is 22.8 Å². The number of nitrogens with zero attached hydrogens (tertiary/aromatic N) is 2. The number of aromatic nitrogens is 2. The fraction of sp³-hybridized carbons (Fsp3) is 0.400. The van der Waals surface area contributed by atoms with Gasteiger partial charge in [0.1, 0.15) is 10.8 Å². The summed E-state index contributed by atoms with van der Waals surface area (Å²) in [6.07, 6.45) is 0.271. The van der Waals surface area contributed by atoms with Crippen molar-refractivity contribution in [2.24, 2.45) is 5.92 Å². The summed E-state index contributed by atoms with van der Waals surface area (Å²) in [4.78, 5) is 32.4. The normalized spacial score (nSPS) is 14.8. The van der Waals surface area contributed by atoms with E-state index in [-0.39, 0.29) is 29.0 Å². The third-order valence-electron chi connectivity index (χ3n) is 4.52. The fourth-order valence-corrected chi connectivity index (χ4v) is 2.97. The molecule has 30 heavy (non-hydrogen) atoms. The van der Waals surface area contributed by atoms with Gasteiger partial charge in [-0.3, -0.25) is 14.6 Å². The minimum Gasteiger partial charge on any atom is -0.467 e. The molecule has 0 aromatic carbocycles. The Morgan fingerprint density at radius 2 is 2.03 bits per heavy atom. The lowest BCUT2D eigenvalue weighted by Crippen LogP contribution is -2.27. The molecule has 2 aromatic heterocycles. The Bertz CT molecular complexity index is 948. The molecule has 10 heteroatoms. The Labute approximate surface area is 175 Å². The van der Waals surface area contributed by atoms with E-state index >= 15 is 0 Å². The number of amides is 1. The molecule has 1 amide bonds. The van der Waals surface area contributed by atoms with E-state index in [0.717, 1.165) is 12.8 Å². The number of pyridine rings is 2. The van der Waals surface area contributed by atoms with Crippen LogP contribution in [0.1, 0.15) is 47.4 Å². The zero-order valence-corrected chi connectivity index (χ0v) is 16.8. The maximum Gasteiger partial charge on any atom is 0.422 e. The van der Waals surface area contributed by atoms with E-state index in [1.54, 1.807) is 13.0 Å². The lowest BCUT2D eigenvalue weighted by Gasteiger charge is -2.16. The van der Waals surface area contributed by atoms with Gasteiger partial charge in [-0.15, -0.1) is 0 Å². The van der Waals surface area contributed by atoms with Gasteiger partial charge in [-0.25, -0.2) is 4.98 Å². The third kappa shape index (κ3) is 6.16. The van der Waals surface area contributed by atoms with Crippen LogP contribution >= 0.6 is 11.6 Å². The lowest BCUT2D eigenvalue weighted by molar-refractivity contribution is -0.154. The fourth-order valence-electron chi connectivity index (χ4n) is 2.74. The maximum atomic E-state index is 12.6. The third-order valence-corrected chi connectivity index (χ3v) is 4.79. The quantitative estimate of drug-likeness (QED) is 0.667. The first-order valence-corrected chi connectivity index (χ1v) is 9.63. The van der Waals surface area contributed by atoms with Crippen molar-refractivity contribution in [3.05, 3.63) is 52.4 Å². The Balaban J connectivity index is 1.62. The van der Waals surface area contributed by atoms with Crippen LogP contribution in [0.5, 0.6) is 5.88 Å². The van der Waals surface area contributed by atoms with E-state index in [1.165, 1.54) is 24.5 Å². The van der Waals surface area contributed by atoms with Crippen molar-refractivity contribution in [1.82, 2.24) is 15.3 Å². The van der Waals surface area contributed by atoms with Crippen LogP contribution < -0.4 is 10.1 Å². The summed E-state index contributed by atoms with van der Waals surface area (Å²) in [5.74, 6) is -0.486. The second-order valence-electron chi connectivity index (χ2n) is 7.11. The second-order valence-corrected chi connectivity index (χ2v) is 7.52. The summed E-state index contributed by atoms with van der Waals surface area (Å²) >= 11 is 5.95. The summed E-state index contributed by atoms with van der Waals surface area (Å²) in [5, 5.41) is 2.67. The van der Waals surface area contributed by atoms with Crippen LogP contribution in [0.3, 0.4) is 0 Å².